The van der Waals surface area contributed by atoms with Crippen LogP contribution in [0.1, 0.15) is 33.1 Å². The molecule has 2 saturated heterocycles. The van der Waals surface area contributed by atoms with Crippen molar-refractivity contribution in [2.75, 3.05) is 58.9 Å². The number of methoxy groups -OCH3 is 1. The van der Waals surface area contributed by atoms with Gasteiger partial charge in [0.2, 0.25) is 0 Å². The Morgan fingerprint density at radius 1 is 1.14 bits per heavy atom. The predicted molar refractivity (Wildman–Crippen MR) is 133 cm³/mol. The fourth-order valence-electron chi connectivity index (χ4n) is 4.55. The summed E-state index contributed by atoms with van der Waals surface area (Å²) in [7, 11) is 5.15. The first-order valence-electron chi connectivity index (χ1n) is 12.1. The molecule has 2 aromatic heterocycles. The van der Waals surface area contributed by atoms with Crippen molar-refractivity contribution >= 4 is 28.7 Å². The molecule has 2 aliphatic heterocycles. The second-order valence-corrected chi connectivity index (χ2v) is 9.34. The van der Waals surface area contributed by atoms with Crippen molar-refractivity contribution in [3.63, 3.8) is 0 Å². The Kier molecular flexibility index (Phi) is 6.84. The average Bonchev–Trinajstić information content (AvgIpc) is 3.21. The normalized spacial score (nSPS) is 18.2. The number of ether oxygens (including phenoxy) is 2. The number of carbonyl (C=O) groups excluding carboxylic acids is 2. The van der Waals surface area contributed by atoms with Gasteiger partial charge in [-0.1, -0.05) is 0 Å². The molecule has 2 fully saturated rings. The summed E-state index contributed by atoms with van der Waals surface area (Å²) in [6.45, 7) is 4.80. The van der Waals surface area contributed by atoms with Crippen LogP contribution in [-0.2, 0) is 22.6 Å². The molecule has 0 spiro atoms. The van der Waals surface area contributed by atoms with Crippen molar-refractivity contribution < 1.29 is 19.1 Å². The highest BCUT2D eigenvalue weighted by atomic mass is 16.5. The van der Waals surface area contributed by atoms with Crippen LogP contribution >= 0.6 is 0 Å². The van der Waals surface area contributed by atoms with Crippen LogP contribution in [0.5, 0.6) is 0 Å². The molecule has 11 heteroatoms. The van der Waals surface area contributed by atoms with E-state index >= 15 is 0 Å². The Hall–Kier alpha value is -3.57. The number of piperazine rings is 1. The summed E-state index contributed by atoms with van der Waals surface area (Å²) in [4.78, 5) is 44.4. The quantitative estimate of drug-likeness (QED) is 0.452. The topological polar surface area (TPSA) is 106 Å². The van der Waals surface area contributed by atoms with E-state index in [2.05, 4.69) is 19.4 Å². The molecule has 0 bridgehead atoms. The number of imidazole rings is 1. The van der Waals surface area contributed by atoms with E-state index < -0.39 is 0 Å². The van der Waals surface area contributed by atoms with Gasteiger partial charge in [0.1, 0.15) is 23.7 Å². The minimum absolute atomic E-state index is 0.0788. The van der Waals surface area contributed by atoms with Gasteiger partial charge in [-0.2, -0.15) is 0 Å². The number of esters is 1. The molecule has 0 aliphatic carbocycles. The van der Waals surface area contributed by atoms with Crippen molar-refractivity contribution in [3.8, 4) is 0 Å². The maximum atomic E-state index is 13.0. The number of aromatic nitrogens is 4. The van der Waals surface area contributed by atoms with E-state index in [4.69, 9.17) is 14.5 Å². The first-order chi connectivity index (χ1) is 17.4. The van der Waals surface area contributed by atoms with E-state index in [1.807, 2.05) is 36.0 Å². The van der Waals surface area contributed by atoms with Crippen molar-refractivity contribution in [1.29, 1.82) is 0 Å². The minimum Gasteiger partial charge on any atom is -0.465 e. The lowest BCUT2D eigenvalue weighted by molar-refractivity contribution is -0.0592. The first kappa shape index (κ1) is 24.1. The first-order valence-corrected chi connectivity index (χ1v) is 12.1. The molecule has 5 rings (SSSR count). The molecule has 0 saturated carbocycles. The van der Waals surface area contributed by atoms with Gasteiger partial charge >= 0.3 is 5.97 Å². The van der Waals surface area contributed by atoms with E-state index in [1.54, 1.807) is 12.1 Å². The Morgan fingerprint density at radius 3 is 2.58 bits per heavy atom. The van der Waals surface area contributed by atoms with Crippen LogP contribution in [0.3, 0.4) is 0 Å². The molecular weight excluding hydrogens is 462 g/mol. The Balaban J connectivity index is 1.30. The molecule has 1 unspecified atom stereocenters. The number of amides is 1. The number of benzene rings is 1. The molecule has 3 aromatic rings. The standard InChI is InChI=1S/C25H31N7O4/c1-29(2)22-13-20(26-16-27-22)24(33)31-9-7-30(8-10-31)15-23-28-19-5-4-17(25(34)35-3)12-21(19)32(23)14-18-6-11-36-18/h4-5,12-13,16,18H,6-11,14-15H2,1-3H3. The van der Waals surface area contributed by atoms with Crippen LogP contribution in [0.4, 0.5) is 5.82 Å². The zero-order chi connectivity index (χ0) is 25.2. The van der Waals surface area contributed by atoms with Gasteiger partial charge in [0.05, 0.1) is 42.9 Å². The van der Waals surface area contributed by atoms with Crippen LogP contribution < -0.4 is 4.90 Å². The van der Waals surface area contributed by atoms with E-state index in [0.29, 0.717) is 43.3 Å². The summed E-state index contributed by atoms with van der Waals surface area (Å²) in [6.07, 6.45) is 2.59. The number of hydrogen-bond acceptors (Lipinski definition) is 9. The van der Waals surface area contributed by atoms with Crippen LogP contribution in [0.25, 0.3) is 11.0 Å². The summed E-state index contributed by atoms with van der Waals surface area (Å²) in [5.74, 6) is 1.18. The Bertz CT molecular complexity index is 1260. The van der Waals surface area contributed by atoms with Crippen LogP contribution in [-0.4, -0.2) is 101 Å². The van der Waals surface area contributed by atoms with E-state index in [1.165, 1.54) is 13.4 Å². The van der Waals surface area contributed by atoms with Crippen LogP contribution in [0.15, 0.2) is 30.6 Å². The largest absolute Gasteiger partial charge is 0.465 e. The van der Waals surface area contributed by atoms with Gasteiger partial charge in [-0.25, -0.2) is 19.7 Å². The highest BCUT2D eigenvalue weighted by Gasteiger charge is 2.27. The van der Waals surface area contributed by atoms with E-state index in [0.717, 1.165) is 43.0 Å². The average molecular weight is 494 g/mol. The molecule has 36 heavy (non-hydrogen) atoms. The van der Waals surface area contributed by atoms with Crippen LogP contribution in [0, 0.1) is 0 Å². The summed E-state index contributed by atoms with van der Waals surface area (Å²) in [5, 5.41) is 0. The van der Waals surface area contributed by atoms with Crippen LogP contribution in [0.2, 0.25) is 0 Å². The summed E-state index contributed by atoms with van der Waals surface area (Å²) < 4.78 is 12.8. The lowest BCUT2D eigenvalue weighted by Gasteiger charge is -2.34. The predicted octanol–water partition coefficient (Wildman–Crippen LogP) is 1.43. The maximum absolute atomic E-state index is 13.0. The molecule has 1 aromatic carbocycles. The third kappa shape index (κ3) is 4.89. The molecular formula is C25H31N7O4. The molecule has 190 valence electrons. The molecule has 11 nitrogen and oxygen atoms in total. The number of rotatable bonds is 7. The molecule has 1 amide bonds. The van der Waals surface area contributed by atoms with Gasteiger partial charge in [-0.3, -0.25) is 9.69 Å². The lowest BCUT2D eigenvalue weighted by atomic mass is 10.1. The summed E-state index contributed by atoms with van der Waals surface area (Å²) in [5.41, 5.74) is 2.65. The monoisotopic (exact) mass is 493 g/mol. The zero-order valence-electron chi connectivity index (χ0n) is 20.9. The molecule has 1 atom stereocenters. The number of fused-ring (bicyclic) bond motifs is 1. The molecule has 0 radical (unpaired) electrons. The molecule has 4 heterocycles. The van der Waals surface area contributed by atoms with Gasteiger partial charge < -0.3 is 23.8 Å². The van der Waals surface area contributed by atoms with Gasteiger partial charge in [-0.05, 0) is 24.6 Å². The third-order valence-corrected chi connectivity index (χ3v) is 6.78. The van der Waals surface area contributed by atoms with Crippen molar-refractivity contribution in [2.24, 2.45) is 0 Å². The number of hydrogen-bond donors (Lipinski definition) is 0. The number of anilines is 1. The smallest absolute Gasteiger partial charge is 0.337 e. The number of nitrogens with zero attached hydrogens (tertiary/aromatic N) is 7. The fraction of sp³-hybridized carbons (Fsp3) is 0.480. The highest BCUT2D eigenvalue weighted by molar-refractivity contribution is 5.94. The van der Waals surface area contributed by atoms with Gasteiger partial charge in [0.15, 0.2) is 0 Å². The lowest BCUT2D eigenvalue weighted by Crippen LogP contribution is -2.48. The number of carbonyl (C=O) groups is 2. The third-order valence-electron chi connectivity index (χ3n) is 6.78. The Labute approximate surface area is 209 Å². The minimum atomic E-state index is -0.367. The van der Waals surface area contributed by atoms with E-state index in [9.17, 15) is 9.59 Å². The summed E-state index contributed by atoms with van der Waals surface area (Å²) in [6, 6.07) is 7.18. The van der Waals surface area contributed by atoms with Crippen molar-refractivity contribution in [3.05, 3.63) is 47.7 Å². The van der Waals surface area contributed by atoms with Gasteiger partial charge in [0, 0.05) is 52.9 Å². The van der Waals surface area contributed by atoms with Crippen molar-refractivity contribution in [1.82, 2.24) is 29.3 Å². The molecule has 0 N–H and O–H groups in total. The second-order valence-electron chi connectivity index (χ2n) is 9.34. The zero-order valence-corrected chi connectivity index (χ0v) is 20.9. The maximum Gasteiger partial charge on any atom is 0.337 e. The van der Waals surface area contributed by atoms with Gasteiger partial charge in [-0.15, -0.1) is 0 Å². The SMILES string of the molecule is COC(=O)c1ccc2nc(CN3CCN(C(=O)c4cc(N(C)C)ncn4)CC3)n(CC3CCO3)c2c1. The Morgan fingerprint density at radius 2 is 1.92 bits per heavy atom. The summed E-state index contributed by atoms with van der Waals surface area (Å²) >= 11 is 0. The van der Waals surface area contributed by atoms with E-state index in [-0.39, 0.29) is 18.0 Å². The second kappa shape index (κ2) is 10.2. The molecule has 2 aliphatic rings. The van der Waals surface area contributed by atoms with Gasteiger partial charge in [0.25, 0.3) is 5.91 Å². The highest BCUT2D eigenvalue weighted by Crippen LogP contribution is 2.24. The van der Waals surface area contributed by atoms with Crippen molar-refractivity contribution in [2.45, 2.75) is 25.6 Å². The fourth-order valence-corrected chi connectivity index (χ4v) is 4.55.